The number of rotatable bonds is 8. The molecule has 2 heterocycles. The van der Waals surface area contributed by atoms with E-state index in [0.29, 0.717) is 17.5 Å². The van der Waals surface area contributed by atoms with Gasteiger partial charge in [0.15, 0.2) is 11.0 Å². The van der Waals surface area contributed by atoms with Gasteiger partial charge in [-0.15, -0.1) is 10.2 Å². The predicted molar refractivity (Wildman–Crippen MR) is 139 cm³/mol. The zero-order chi connectivity index (χ0) is 24.0. The Hall–Kier alpha value is -4.17. The van der Waals surface area contributed by atoms with E-state index in [1.165, 1.54) is 11.8 Å². The first-order valence-corrected chi connectivity index (χ1v) is 12.2. The smallest absolute Gasteiger partial charge is 0.235 e. The van der Waals surface area contributed by atoms with Gasteiger partial charge in [-0.05, 0) is 24.6 Å². The summed E-state index contributed by atoms with van der Waals surface area (Å²) in [5.41, 5.74) is 3.86. The molecule has 7 nitrogen and oxygen atoms in total. The van der Waals surface area contributed by atoms with Crippen LogP contribution in [0.3, 0.4) is 0 Å². The van der Waals surface area contributed by atoms with Crippen LogP contribution in [-0.2, 0) is 11.3 Å². The first kappa shape index (κ1) is 22.6. The highest BCUT2D eigenvalue weighted by atomic mass is 32.2. The van der Waals surface area contributed by atoms with Crippen molar-refractivity contribution in [1.29, 1.82) is 0 Å². The fourth-order valence-corrected chi connectivity index (χ4v) is 4.53. The summed E-state index contributed by atoms with van der Waals surface area (Å²) in [5.74, 6) is 1.46. The van der Waals surface area contributed by atoms with Crippen molar-refractivity contribution in [3.63, 3.8) is 0 Å². The molecule has 1 N–H and O–H groups in total. The molecule has 174 valence electrons. The number of anilines is 1. The van der Waals surface area contributed by atoms with E-state index in [4.69, 9.17) is 0 Å². The number of hydrogen-bond acceptors (Lipinski definition) is 5. The summed E-state index contributed by atoms with van der Waals surface area (Å²) >= 11 is 1.35. The van der Waals surface area contributed by atoms with E-state index in [0.717, 1.165) is 28.3 Å². The number of carbonyl (C=O) groups is 1. The Kier molecular flexibility index (Phi) is 6.72. The molecule has 0 unspecified atom stereocenters. The Morgan fingerprint density at radius 1 is 0.886 bits per heavy atom. The van der Waals surface area contributed by atoms with Crippen LogP contribution in [0.5, 0.6) is 0 Å². The molecular weight excluding hydrogens is 456 g/mol. The van der Waals surface area contributed by atoms with Crippen molar-refractivity contribution < 1.29 is 4.79 Å². The second kappa shape index (κ2) is 10.4. The lowest BCUT2D eigenvalue weighted by Crippen LogP contribution is -2.18. The van der Waals surface area contributed by atoms with E-state index in [-0.39, 0.29) is 11.7 Å². The molecule has 5 aromatic rings. The zero-order valence-corrected chi connectivity index (χ0v) is 20.0. The van der Waals surface area contributed by atoms with E-state index in [9.17, 15) is 4.79 Å². The fourth-order valence-electron chi connectivity index (χ4n) is 3.78. The van der Waals surface area contributed by atoms with Gasteiger partial charge >= 0.3 is 0 Å². The third-order valence-corrected chi connectivity index (χ3v) is 6.29. The number of hydrogen-bond donors (Lipinski definition) is 1. The van der Waals surface area contributed by atoms with Crippen molar-refractivity contribution in [2.45, 2.75) is 18.6 Å². The van der Waals surface area contributed by atoms with Crippen LogP contribution in [0.1, 0.15) is 11.3 Å². The standard InChI is InChI=1S/C27H24N6OS/c1-20-17-24(32(31-20)18-21-11-5-2-6-12-21)28-25(34)19-35-27-30-29-26(22-13-7-3-8-14-22)33(27)23-15-9-4-10-16-23/h2-17H,18-19H2,1H3,(H,28,34). The van der Waals surface area contributed by atoms with E-state index in [1.807, 2.05) is 113 Å². The Bertz CT molecular complexity index is 1410. The molecule has 35 heavy (non-hydrogen) atoms. The van der Waals surface area contributed by atoms with Crippen molar-refractivity contribution in [1.82, 2.24) is 24.5 Å². The van der Waals surface area contributed by atoms with Gasteiger partial charge in [0.1, 0.15) is 5.82 Å². The summed E-state index contributed by atoms with van der Waals surface area (Å²) in [5, 5.41) is 17.0. The fraction of sp³-hybridized carbons (Fsp3) is 0.111. The molecule has 2 aromatic heterocycles. The summed E-state index contributed by atoms with van der Waals surface area (Å²) in [7, 11) is 0. The van der Waals surface area contributed by atoms with Crippen LogP contribution in [0.2, 0.25) is 0 Å². The number of nitrogens with one attached hydrogen (secondary N) is 1. The molecule has 0 radical (unpaired) electrons. The Morgan fingerprint density at radius 3 is 2.26 bits per heavy atom. The lowest BCUT2D eigenvalue weighted by Gasteiger charge is -2.11. The molecule has 0 atom stereocenters. The zero-order valence-electron chi connectivity index (χ0n) is 19.2. The van der Waals surface area contributed by atoms with Gasteiger partial charge in [-0.1, -0.05) is 90.6 Å². The van der Waals surface area contributed by atoms with Crippen LogP contribution < -0.4 is 5.32 Å². The summed E-state index contributed by atoms with van der Waals surface area (Å²) in [6, 6.07) is 31.8. The number of para-hydroxylation sites is 1. The van der Waals surface area contributed by atoms with Crippen LogP contribution in [0, 0.1) is 6.92 Å². The maximum Gasteiger partial charge on any atom is 0.235 e. The number of nitrogens with zero attached hydrogens (tertiary/aromatic N) is 5. The second-order valence-electron chi connectivity index (χ2n) is 7.99. The van der Waals surface area contributed by atoms with Crippen LogP contribution in [0.25, 0.3) is 17.1 Å². The largest absolute Gasteiger partial charge is 0.310 e. The lowest BCUT2D eigenvalue weighted by molar-refractivity contribution is -0.113. The van der Waals surface area contributed by atoms with E-state index < -0.39 is 0 Å². The molecule has 0 bridgehead atoms. The van der Waals surface area contributed by atoms with Crippen molar-refractivity contribution in [2.24, 2.45) is 0 Å². The van der Waals surface area contributed by atoms with Gasteiger partial charge in [0.25, 0.3) is 0 Å². The van der Waals surface area contributed by atoms with Crippen LogP contribution >= 0.6 is 11.8 Å². The summed E-state index contributed by atoms with van der Waals surface area (Å²) in [4.78, 5) is 12.9. The number of thioether (sulfide) groups is 1. The van der Waals surface area contributed by atoms with E-state index >= 15 is 0 Å². The molecule has 8 heteroatoms. The molecule has 0 aliphatic carbocycles. The van der Waals surface area contributed by atoms with Gasteiger partial charge in [0.2, 0.25) is 5.91 Å². The number of aryl methyl sites for hydroxylation is 1. The van der Waals surface area contributed by atoms with Crippen molar-refractivity contribution >= 4 is 23.5 Å². The highest BCUT2D eigenvalue weighted by Gasteiger charge is 2.18. The van der Waals surface area contributed by atoms with Gasteiger partial charge < -0.3 is 5.32 Å². The minimum Gasteiger partial charge on any atom is -0.310 e. The van der Waals surface area contributed by atoms with E-state index in [1.54, 1.807) is 0 Å². The molecule has 5 rings (SSSR count). The maximum atomic E-state index is 12.9. The van der Waals surface area contributed by atoms with Crippen LogP contribution in [0.15, 0.2) is 102 Å². The summed E-state index contributed by atoms with van der Waals surface area (Å²) in [6.07, 6.45) is 0. The molecule has 0 aliphatic heterocycles. The summed E-state index contributed by atoms with van der Waals surface area (Å²) < 4.78 is 3.80. The predicted octanol–water partition coefficient (Wildman–Crippen LogP) is 5.22. The Labute approximate surface area is 207 Å². The number of benzene rings is 3. The molecule has 0 spiro atoms. The van der Waals surface area contributed by atoms with Gasteiger partial charge in [0, 0.05) is 17.3 Å². The normalized spacial score (nSPS) is 10.9. The molecular formula is C27H24N6OS. The topological polar surface area (TPSA) is 77.6 Å². The Balaban J connectivity index is 1.33. The molecule has 0 fully saturated rings. The SMILES string of the molecule is Cc1cc(NC(=O)CSc2nnc(-c3ccccc3)n2-c2ccccc2)n(Cc2ccccc2)n1. The highest BCUT2D eigenvalue weighted by molar-refractivity contribution is 7.99. The molecule has 0 saturated carbocycles. The minimum absolute atomic E-state index is 0.131. The van der Waals surface area contributed by atoms with Gasteiger partial charge in [-0.25, -0.2) is 4.68 Å². The monoisotopic (exact) mass is 480 g/mol. The number of carbonyl (C=O) groups excluding carboxylic acids is 1. The maximum absolute atomic E-state index is 12.9. The third-order valence-electron chi connectivity index (χ3n) is 5.36. The third kappa shape index (κ3) is 5.33. The molecule has 0 aliphatic rings. The van der Waals surface area contributed by atoms with Crippen molar-refractivity contribution in [2.75, 3.05) is 11.1 Å². The Morgan fingerprint density at radius 2 is 1.54 bits per heavy atom. The summed E-state index contributed by atoms with van der Waals surface area (Å²) in [6.45, 7) is 2.50. The van der Waals surface area contributed by atoms with Crippen molar-refractivity contribution in [3.05, 3.63) is 108 Å². The van der Waals surface area contributed by atoms with Gasteiger partial charge in [0.05, 0.1) is 18.0 Å². The average Bonchev–Trinajstić information content (AvgIpc) is 3.47. The second-order valence-corrected chi connectivity index (χ2v) is 8.94. The van der Waals surface area contributed by atoms with Gasteiger partial charge in [-0.2, -0.15) is 5.10 Å². The van der Waals surface area contributed by atoms with Crippen LogP contribution in [0.4, 0.5) is 5.82 Å². The number of amides is 1. The number of aromatic nitrogens is 5. The molecule has 3 aromatic carbocycles. The molecule has 0 saturated heterocycles. The quantitative estimate of drug-likeness (QED) is 0.308. The highest BCUT2D eigenvalue weighted by Crippen LogP contribution is 2.28. The lowest BCUT2D eigenvalue weighted by atomic mass is 10.2. The average molecular weight is 481 g/mol. The van der Waals surface area contributed by atoms with Gasteiger partial charge in [-0.3, -0.25) is 9.36 Å². The first-order valence-electron chi connectivity index (χ1n) is 11.2. The minimum atomic E-state index is -0.131. The van der Waals surface area contributed by atoms with Crippen LogP contribution in [-0.4, -0.2) is 36.2 Å². The molecule has 1 amide bonds. The van der Waals surface area contributed by atoms with Crippen molar-refractivity contribution in [3.8, 4) is 17.1 Å². The first-order chi connectivity index (χ1) is 17.2. The van der Waals surface area contributed by atoms with E-state index in [2.05, 4.69) is 20.6 Å².